The van der Waals surface area contributed by atoms with Crippen molar-refractivity contribution in [2.24, 2.45) is 4.99 Å². The van der Waals surface area contributed by atoms with Gasteiger partial charge in [0, 0.05) is 57.3 Å². The Morgan fingerprint density at radius 3 is 2.43 bits per heavy atom. The summed E-state index contributed by atoms with van der Waals surface area (Å²) < 4.78 is 0. The predicted molar refractivity (Wildman–Crippen MR) is 128 cm³/mol. The number of anilines is 1. The van der Waals surface area contributed by atoms with Gasteiger partial charge < -0.3 is 15.1 Å². The molecule has 0 saturated carbocycles. The molecule has 0 amide bonds. The van der Waals surface area contributed by atoms with Crippen molar-refractivity contribution in [3.8, 4) is 0 Å². The van der Waals surface area contributed by atoms with Crippen LogP contribution in [-0.2, 0) is 6.54 Å². The van der Waals surface area contributed by atoms with Crippen molar-refractivity contribution >= 4 is 41.6 Å². The van der Waals surface area contributed by atoms with E-state index < -0.39 is 0 Å². The molecule has 162 valence electrons. The second-order valence-electron chi connectivity index (χ2n) is 6.87. The van der Waals surface area contributed by atoms with Gasteiger partial charge in [-0.15, -0.1) is 24.0 Å². The van der Waals surface area contributed by atoms with E-state index in [1.807, 2.05) is 6.07 Å². The van der Waals surface area contributed by atoms with Crippen molar-refractivity contribution in [2.45, 2.75) is 26.3 Å². The summed E-state index contributed by atoms with van der Waals surface area (Å²) in [5, 5.41) is 14.3. The zero-order valence-corrected chi connectivity index (χ0v) is 19.4. The molecule has 2 aromatic rings. The first-order valence-corrected chi connectivity index (χ1v) is 9.96. The number of rotatable bonds is 7. The molecule has 0 atom stereocenters. The molecule has 1 aromatic carbocycles. The van der Waals surface area contributed by atoms with Crippen LogP contribution in [0.3, 0.4) is 0 Å². The second kappa shape index (κ2) is 12.3. The predicted octanol–water partition coefficient (Wildman–Crippen LogP) is 3.07. The third-order valence-corrected chi connectivity index (χ3v) is 4.79. The van der Waals surface area contributed by atoms with Crippen molar-refractivity contribution in [2.75, 3.05) is 37.6 Å². The Morgan fingerprint density at radius 1 is 1.17 bits per heavy atom. The fourth-order valence-corrected chi connectivity index (χ4v) is 3.11. The molecule has 0 unspecified atom stereocenters. The van der Waals surface area contributed by atoms with Crippen molar-refractivity contribution in [1.82, 2.24) is 20.2 Å². The number of piperazine rings is 1. The quantitative estimate of drug-likeness (QED) is 0.148. The number of nitrogens with zero attached hydrogens (tertiary/aromatic N) is 6. The molecule has 1 fully saturated rings. The lowest BCUT2D eigenvalue weighted by atomic mass is 10.2. The van der Waals surface area contributed by atoms with Gasteiger partial charge in [0.2, 0.25) is 5.95 Å². The van der Waals surface area contributed by atoms with Crippen LogP contribution in [0, 0.1) is 10.1 Å². The highest BCUT2D eigenvalue weighted by Crippen LogP contribution is 2.13. The largest absolute Gasteiger partial charge is 0.356 e. The monoisotopic (exact) mass is 525 g/mol. The van der Waals surface area contributed by atoms with Crippen LogP contribution in [0.5, 0.6) is 0 Å². The molecule has 10 heteroatoms. The Hall–Kier alpha value is -2.50. The molecule has 0 radical (unpaired) electrons. The second-order valence-corrected chi connectivity index (χ2v) is 6.87. The number of nitro benzene ring substituents is 1. The van der Waals surface area contributed by atoms with Gasteiger partial charge >= 0.3 is 0 Å². The van der Waals surface area contributed by atoms with Gasteiger partial charge in [-0.2, -0.15) is 0 Å². The third kappa shape index (κ3) is 6.78. The normalized spacial score (nSPS) is 14.2. The molecule has 9 nitrogen and oxygen atoms in total. The zero-order valence-electron chi connectivity index (χ0n) is 17.1. The maximum atomic E-state index is 10.8. The molecule has 2 heterocycles. The SMILES string of the molecule is CCCCNC(=NCc1ccc([N+](=O)[O-])cc1)N1CCN(c2ncccn2)CC1.I. The van der Waals surface area contributed by atoms with E-state index in [0.717, 1.165) is 63.0 Å². The molecule has 0 spiro atoms. The molecule has 1 N–H and O–H groups in total. The van der Waals surface area contributed by atoms with Gasteiger partial charge in [0.05, 0.1) is 11.5 Å². The van der Waals surface area contributed by atoms with E-state index in [1.165, 1.54) is 12.1 Å². The standard InChI is InChI=1S/C20H27N7O2.HI/c1-2-3-9-21-20(24-16-17-5-7-18(8-6-17)27(28)29)26-14-12-25(13-15-26)19-22-10-4-11-23-19;/h4-8,10-11H,2-3,9,12-16H2,1H3,(H,21,24);1H. The number of non-ortho nitro benzene ring substituents is 1. The number of benzene rings is 1. The Bertz CT molecular complexity index is 810. The maximum absolute atomic E-state index is 10.8. The van der Waals surface area contributed by atoms with Crippen molar-refractivity contribution in [3.05, 3.63) is 58.4 Å². The maximum Gasteiger partial charge on any atom is 0.269 e. The Kier molecular flexibility index (Phi) is 9.71. The fraction of sp³-hybridized carbons (Fsp3) is 0.450. The molecule has 1 aliphatic rings. The molecule has 0 aliphatic carbocycles. The van der Waals surface area contributed by atoms with E-state index >= 15 is 0 Å². The van der Waals surface area contributed by atoms with Crippen LogP contribution in [0.2, 0.25) is 0 Å². The lowest BCUT2D eigenvalue weighted by Gasteiger charge is -2.36. The number of halogens is 1. The van der Waals surface area contributed by atoms with Gasteiger partial charge in [0.15, 0.2) is 5.96 Å². The Balaban J connectivity index is 0.00000320. The summed E-state index contributed by atoms with van der Waals surface area (Å²) >= 11 is 0. The highest BCUT2D eigenvalue weighted by Gasteiger charge is 2.21. The Morgan fingerprint density at radius 2 is 1.83 bits per heavy atom. The number of aromatic nitrogens is 2. The first-order valence-electron chi connectivity index (χ1n) is 9.96. The lowest BCUT2D eigenvalue weighted by molar-refractivity contribution is -0.384. The molecular weight excluding hydrogens is 497 g/mol. The van der Waals surface area contributed by atoms with E-state index in [4.69, 9.17) is 4.99 Å². The third-order valence-electron chi connectivity index (χ3n) is 4.79. The minimum atomic E-state index is -0.388. The summed E-state index contributed by atoms with van der Waals surface area (Å²) in [5.74, 6) is 1.64. The average Bonchev–Trinajstić information content (AvgIpc) is 2.77. The van der Waals surface area contributed by atoms with E-state index in [0.29, 0.717) is 6.54 Å². The van der Waals surface area contributed by atoms with Gasteiger partial charge in [-0.1, -0.05) is 25.5 Å². The number of guanidine groups is 1. The average molecular weight is 525 g/mol. The summed E-state index contributed by atoms with van der Waals surface area (Å²) in [5.41, 5.74) is 1.04. The molecule has 3 rings (SSSR count). The number of nitro groups is 1. The van der Waals surface area contributed by atoms with Gasteiger partial charge in [-0.05, 0) is 18.1 Å². The highest BCUT2D eigenvalue weighted by molar-refractivity contribution is 14.0. The van der Waals surface area contributed by atoms with Crippen LogP contribution >= 0.6 is 24.0 Å². The van der Waals surface area contributed by atoms with Crippen molar-refractivity contribution in [3.63, 3.8) is 0 Å². The van der Waals surface area contributed by atoms with Crippen LogP contribution in [0.4, 0.5) is 11.6 Å². The smallest absolute Gasteiger partial charge is 0.269 e. The highest BCUT2D eigenvalue weighted by atomic mass is 127. The number of aliphatic imine (C=N–C) groups is 1. The van der Waals surface area contributed by atoms with Crippen LogP contribution in [0.15, 0.2) is 47.7 Å². The summed E-state index contributed by atoms with van der Waals surface area (Å²) in [4.78, 5) is 28.3. The number of hydrogen-bond donors (Lipinski definition) is 1. The van der Waals surface area contributed by atoms with Crippen molar-refractivity contribution < 1.29 is 4.92 Å². The number of hydrogen-bond acceptors (Lipinski definition) is 6. The van der Waals surface area contributed by atoms with Crippen LogP contribution in [0.25, 0.3) is 0 Å². The zero-order chi connectivity index (χ0) is 20.5. The summed E-state index contributed by atoms with van der Waals surface area (Å²) in [6.07, 6.45) is 5.71. The molecule has 30 heavy (non-hydrogen) atoms. The fourth-order valence-electron chi connectivity index (χ4n) is 3.11. The Labute approximate surface area is 193 Å². The minimum absolute atomic E-state index is 0. The molecule has 0 bridgehead atoms. The van der Waals surface area contributed by atoms with Crippen LogP contribution in [0.1, 0.15) is 25.3 Å². The van der Waals surface area contributed by atoms with Gasteiger partial charge in [0.1, 0.15) is 0 Å². The van der Waals surface area contributed by atoms with E-state index in [9.17, 15) is 10.1 Å². The number of unbranched alkanes of at least 4 members (excludes halogenated alkanes) is 1. The van der Waals surface area contributed by atoms with Gasteiger partial charge in [-0.25, -0.2) is 15.0 Å². The summed E-state index contributed by atoms with van der Waals surface area (Å²) in [7, 11) is 0. The number of nitrogens with one attached hydrogen (secondary N) is 1. The topological polar surface area (TPSA) is 99.8 Å². The summed E-state index contributed by atoms with van der Waals surface area (Å²) in [6.45, 7) is 6.83. The lowest BCUT2D eigenvalue weighted by Crippen LogP contribution is -2.53. The van der Waals surface area contributed by atoms with Crippen LogP contribution < -0.4 is 10.2 Å². The van der Waals surface area contributed by atoms with E-state index in [2.05, 4.69) is 32.0 Å². The van der Waals surface area contributed by atoms with E-state index in [-0.39, 0.29) is 34.6 Å². The van der Waals surface area contributed by atoms with E-state index in [1.54, 1.807) is 24.5 Å². The molecule has 1 aromatic heterocycles. The van der Waals surface area contributed by atoms with Gasteiger partial charge in [-0.3, -0.25) is 10.1 Å². The van der Waals surface area contributed by atoms with Gasteiger partial charge in [0.25, 0.3) is 5.69 Å². The summed E-state index contributed by atoms with van der Waals surface area (Å²) in [6, 6.07) is 8.38. The first kappa shape index (κ1) is 23.8. The van der Waals surface area contributed by atoms with Crippen molar-refractivity contribution in [1.29, 1.82) is 0 Å². The molecule has 1 aliphatic heterocycles. The molecule has 1 saturated heterocycles. The first-order chi connectivity index (χ1) is 14.2. The minimum Gasteiger partial charge on any atom is -0.356 e. The van der Waals surface area contributed by atoms with Crippen LogP contribution in [-0.4, -0.2) is 58.5 Å². The molecular formula is C20H28IN7O2.